The summed E-state index contributed by atoms with van der Waals surface area (Å²) in [5.74, 6) is 0.0686. The predicted molar refractivity (Wildman–Crippen MR) is 52.5 cm³/mol. The van der Waals surface area contributed by atoms with Gasteiger partial charge in [0.1, 0.15) is 0 Å². The van der Waals surface area contributed by atoms with Gasteiger partial charge in [-0.25, -0.2) is 0 Å². The standard InChI is InChI=1S/C8H16BrNO2/c1-3-12-6-7(2)10-8(11)4-5-9/h7H,3-6H2,1-2H3,(H,10,11). The summed E-state index contributed by atoms with van der Waals surface area (Å²) in [4.78, 5) is 11.0. The molecule has 0 saturated carbocycles. The van der Waals surface area contributed by atoms with Crippen LogP contribution in [0.25, 0.3) is 0 Å². The number of carbonyl (C=O) groups excluding carboxylic acids is 1. The van der Waals surface area contributed by atoms with E-state index in [1.54, 1.807) is 0 Å². The number of amides is 1. The second-order valence-electron chi connectivity index (χ2n) is 2.57. The van der Waals surface area contributed by atoms with E-state index in [1.807, 2.05) is 13.8 Å². The van der Waals surface area contributed by atoms with Gasteiger partial charge in [-0.1, -0.05) is 15.9 Å². The number of carbonyl (C=O) groups is 1. The van der Waals surface area contributed by atoms with Crippen LogP contribution in [0, 0.1) is 0 Å². The average Bonchev–Trinajstić information content (AvgIpc) is 2.01. The Balaban J connectivity index is 3.40. The van der Waals surface area contributed by atoms with Crippen LogP contribution in [0.3, 0.4) is 0 Å². The van der Waals surface area contributed by atoms with Crippen molar-refractivity contribution in [3.8, 4) is 0 Å². The van der Waals surface area contributed by atoms with Crippen LogP contribution < -0.4 is 5.32 Å². The minimum Gasteiger partial charge on any atom is -0.380 e. The van der Waals surface area contributed by atoms with Crippen LogP contribution in [0.15, 0.2) is 0 Å². The summed E-state index contributed by atoms with van der Waals surface area (Å²) in [5.41, 5.74) is 0. The van der Waals surface area contributed by atoms with E-state index in [2.05, 4.69) is 21.2 Å². The number of halogens is 1. The van der Waals surface area contributed by atoms with Crippen molar-refractivity contribution < 1.29 is 9.53 Å². The molecule has 1 N–H and O–H groups in total. The molecule has 0 aromatic carbocycles. The van der Waals surface area contributed by atoms with Gasteiger partial charge in [0, 0.05) is 24.4 Å². The fourth-order valence-corrected chi connectivity index (χ4v) is 1.13. The fourth-order valence-electron chi connectivity index (χ4n) is 0.769. The van der Waals surface area contributed by atoms with Gasteiger partial charge in [-0.2, -0.15) is 0 Å². The molecule has 1 unspecified atom stereocenters. The molecule has 0 rings (SSSR count). The maximum absolute atomic E-state index is 11.0. The van der Waals surface area contributed by atoms with E-state index in [0.29, 0.717) is 25.0 Å². The topological polar surface area (TPSA) is 38.3 Å². The molecule has 0 aliphatic heterocycles. The molecule has 4 heteroatoms. The molecule has 0 heterocycles. The van der Waals surface area contributed by atoms with Gasteiger partial charge in [0.2, 0.25) is 5.91 Å². The summed E-state index contributed by atoms with van der Waals surface area (Å²) >= 11 is 3.20. The molecule has 0 spiro atoms. The van der Waals surface area contributed by atoms with E-state index in [1.165, 1.54) is 0 Å². The summed E-state index contributed by atoms with van der Waals surface area (Å²) < 4.78 is 5.15. The summed E-state index contributed by atoms with van der Waals surface area (Å²) in [6.45, 7) is 5.15. The van der Waals surface area contributed by atoms with Crippen molar-refractivity contribution in [2.75, 3.05) is 18.5 Å². The van der Waals surface area contributed by atoms with Crippen molar-refractivity contribution in [2.45, 2.75) is 26.3 Å². The van der Waals surface area contributed by atoms with E-state index in [9.17, 15) is 4.79 Å². The smallest absolute Gasteiger partial charge is 0.221 e. The molecular formula is C8H16BrNO2. The Hall–Kier alpha value is -0.0900. The molecule has 72 valence electrons. The van der Waals surface area contributed by atoms with Crippen molar-refractivity contribution in [1.29, 1.82) is 0 Å². The van der Waals surface area contributed by atoms with Crippen molar-refractivity contribution in [2.24, 2.45) is 0 Å². The van der Waals surface area contributed by atoms with E-state index in [4.69, 9.17) is 4.74 Å². The fraction of sp³-hybridized carbons (Fsp3) is 0.875. The van der Waals surface area contributed by atoms with Crippen LogP contribution in [0.4, 0.5) is 0 Å². The Labute approximate surface area is 82.0 Å². The third kappa shape index (κ3) is 6.61. The number of alkyl halides is 1. The van der Waals surface area contributed by atoms with Crippen molar-refractivity contribution in [3.05, 3.63) is 0 Å². The maximum atomic E-state index is 11.0. The molecule has 0 aliphatic rings. The van der Waals surface area contributed by atoms with Gasteiger partial charge >= 0.3 is 0 Å². The third-order valence-electron chi connectivity index (χ3n) is 1.30. The number of ether oxygens (including phenoxy) is 1. The molecule has 0 bridgehead atoms. The minimum absolute atomic E-state index is 0.0686. The molecule has 1 amide bonds. The molecule has 0 aromatic heterocycles. The van der Waals surface area contributed by atoms with E-state index in [-0.39, 0.29) is 11.9 Å². The van der Waals surface area contributed by atoms with Gasteiger partial charge in [-0.3, -0.25) is 4.79 Å². The second kappa shape index (κ2) is 7.55. The van der Waals surface area contributed by atoms with Gasteiger partial charge in [0.05, 0.1) is 6.61 Å². The SMILES string of the molecule is CCOCC(C)NC(=O)CCBr. The van der Waals surface area contributed by atoms with Crippen molar-refractivity contribution in [3.63, 3.8) is 0 Å². The van der Waals surface area contributed by atoms with Gasteiger partial charge in [-0.05, 0) is 13.8 Å². The van der Waals surface area contributed by atoms with Crippen LogP contribution in [0.5, 0.6) is 0 Å². The molecule has 1 atom stereocenters. The highest BCUT2D eigenvalue weighted by Gasteiger charge is 2.05. The summed E-state index contributed by atoms with van der Waals surface area (Å²) in [7, 11) is 0. The number of nitrogens with one attached hydrogen (secondary N) is 1. The summed E-state index contributed by atoms with van der Waals surface area (Å²) in [6.07, 6.45) is 0.524. The average molecular weight is 238 g/mol. The van der Waals surface area contributed by atoms with Crippen LogP contribution in [-0.4, -0.2) is 30.5 Å². The zero-order valence-electron chi connectivity index (χ0n) is 7.60. The van der Waals surface area contributed by atoms with E-state index >= 15 is 0 Å². The first kappa shape index (κ1) is 11.9. The lowest BCUT2D eigenvalue weighted by Crippen LogP contribution is -2.35. The molecule has 12 heavy (non-hydrogen) atoms. The van der Waals surface area contributed by atoms with Gasteiger partial charge < -0.3 is 10.1 Å². The van der Waals surface area contributed by atoms with Crippen molar-refractivity contribution >= 4 is 21.8 Å². The number of hydrogen-bond acceptors (Lipinski definition) is 2. The molecule has 3 nitrogen and oxygen atoms in total. The highest BCUT2D eigenvalue weighted by Crippen LogP contribution is 1.90. The molecule has 0 aliphatic carbocycles. The largest absolute Gasteiger partial charge is 0.380 e. The predicted octanol–water partition coefficient (Wildman–Crippen LogP) is 1.31. The Morgan fingerprint density at radius 3 is 2.83 bits per heavy atom. The zero-order valence-corrected chi connectivity index (χ0v) is 9.19. The van der Waals surface area contributed by atoms with Crippen LogP contribution in [0.2, 0.25) is 0 Å². The number of rotatable bonds is 6. The second-order valence-corrected chi connectivity index (χ2v) is 3.36. The van der Waals surface area contributed by atoms with Gasteiger partial charge in [-0.15, -0.1) is 0 Å². The summed E-state index contributed by atoms with van der Waals surface area (Å²) in [5, 5.41) is 3.53. The maximum Gasteiger partial charge on any atom is 0.221 e. The molecular weight excluding hydrogens is 222 g/mol. The first-order valence-electron chi connectivity index (χ1n) is 4.13. The third-order valence-corrected chi connectivity index (χ3v) is 1.70. The lowest BCUT2D eigenvalue weighted by Gasteiger charge is -2.12. The van der Waals surface area contributed by atoms with E-state index in [0.717, 1.165) is 0 Å². The van der Waals surface area contributed by atoms with Gasteiger partial charge in [0.25, 0.3) is 0 Å². The Morgan fingerprint density at radius 1 is 1.67 bits per heavy atom. The Morgan fingerprint density at radius 2 is 2.33 bits per heavy atom. The Bertz CT molecular complexity index is 130. The lowest BCUT2D eigenvalue weighted by atomic mass is 10.3. The zero-order chi connectivity index (χ0) is 9.40. The van der Waals surface area contributed by atoms with Gasteiger partial charge in [0.15, 0.2) is 0 Å². The quantitative estimate of drug-likeness (QED) is 0.708. The summed E-state index contributed by atoms with van der Waals surface area (Å²) in [6, 6.07) is 0.108. The molecule has 0 radical (unpaired) electrons. The molecule has 0 saturated heterocycles. The van der Waals surface area contributed by atoms with Crippen molar-refractivity contribution in [1.82, 2.24) is 5.32 Å². The highest BCUT2D eigenvalue weighted by atomic mass is 79.9. The normalized spacial score (nSPS) is 12.6. The van der Waals surface area contributed by atoms with E-state index < -0.39 is 0 Å². The highest BCUT2D eigenvalue weighted by molar-refractivity contribution is 9.09. The molecule has 0 fully saturated rings. The van der Waals surface area contributed by atoms with Crippen LogP contribution >= 0.6 is 15.9 Å². The number of hydrogen-bond donors (Lipinski definition) is 1. The first-order chi connectivity index (χ1) is 5.70. The first-order valence-corrected chi connectivity index (χ1v) is 5.26. The Kier molecular flexibility index (Phi) is 7.50. The van der Waals surface area contributed by atoms with Crippen LogP contribution in [0.1, 0.15) is 20.3 Å². The monoisotopic (exact) mass is 237 g/mol. The van der Waals surface area contributed by atoms with Crippen LogP contribution in [-0.2, 0) is 9.53 Å². The lowest BCUT2D eigenvalue weighted by molar-refractivity contribution is -0.121. The minimum atomic E-state index is 0.0686. The molecule has 0 aromatic rings.